The molecular weight excluding hydrogens is 268 g/mol. The van der Waals surface area contributed by atoms with E-state index in [1.54, 1.807) is 26.0 Å². The lowest BCUT2D eigenvalue weighted by Gasteiger charge is -2.00. The van der Waals surface area contributed by atoms with Crippen LogP contribution in [0, 0.1) is 22.7 Å². The Morgan fingerprint density at radius 1 is 1.00 bits per heavy atom. The molecule has 0 spiro atoms. The molecule has 1 saturated heterocycles. The van der Waals surface area contributed by atoms with Gasteiger partial charge in [0.15, 0.2) is 0 Å². The Labute approximate surface area is 113 Å². The van der Waals surface area contributed by atoms with Crippen LogP contribution in [0.2, 0.25) is 0 Å². The van der Waals surface area contributed by atoms with Gasteiger partial charge in [-0.05, 0) is 13.8 Å². The second-order valence-electron chi connectivity index (χ2n) is 3.35. The molecule has 1 fully saturated rings. The quantitative estimate of drug-likeness (QED) is 0.438. The molecule has 1 heterocycles. The maximum absolute atomic E-state index is 10.8. The first-order chi connectivity index (χ1) is 8.58. The van der Waals surface area contributed by atoms with E-state index in [2.05, 4.69) is 0 Å². The number of allylic oxidation sites excluding steroid dienone is 3. The average Bonchev–Trinajstić information content (AvgIpc) is 2.83. The summed E-state index contributed by atoms with van der Waals surface area (Å²) >= 11 is 2.36. The lowest BCUT2D eigenvalue weighted by atomic mass is 10.2. The van der Waals surface area contributed by atoms with E-state index in [4.69, 9.17) is 10.5 Å². The number of thioether (sulfide) groups is 2. The smallest absolute Gasteiger partial charge is 0.150 e. The summed E-state index contributed by atoms with van der Waals surface area (Å²) in [5.41, 5.74) is 0.956. The fourth-order valence-corrected chi connectivity index (χ4v) is 3.74. The van der Waals surface area contributed by atoms with Crippen LogP contribution in [-0.2, 0) is 9.59 Å². The van der Waals surface area contributed by atoms with E-state index in [1.165, 1.54) is 23.5 Å². The third kappa shape index (κ3) is 2.73. The molecule has 0 radical (unpaired) electrons. The van der Waals surface area contributed by atoms with Crippen molar-refractivity contribution in [3.05, 3.63) is 30.8 Å². The van der Waals surface area contributed by atoms with Crippen molar-refractivity contribution >= 4 is 36.1 Å². The molecule has 0 unspecified atom stereocenters. The first kappa shape index (κ1) is 14.3. The molecule has 0 amide bonds. The van der Waals surface area contributed by atoms with Gasteiger partial charge in [-0.3, -0.25) is 9.59 Å². The molecule has 0 aromatic rings. The molecule has 0 saturated carbocycles. The van der Waals surface area contributed by atoms with Crippen molar-refractivity contribution in [3.8, 4) is 12.1 Å². The van der Waals surface area contributed by atoms with Gasteiger partial charge in [0.25, 0.3) is 0 Å². The standard InChI is InChI=1S/C12H8N2O2S2/c1-7(5-15)10-11(8(2)6-16)18-12(17-10)9(3-13)4-14/h5-6H,1-2H3. The summed E-state index contributed by atoms with van der Waals surface area (Å²) in [5, 5.41) is 17.6. The van der Waals surface area contributed by atoms with Crippen LogP contribution in [0.1, 0.15) is 13.8 Å². The number of rotatable bonds is 2. The predicted molar refractivity (Wildman–Crippen MR) is 71.0 cm³/mol. The highest BCUT2D eigenvalue weighted by Crippen LogP contribution is 2.55. The maximum Gasteiger partial charge on any atom is 0.150 e. The third-order valence-electron chi connectivity index (χ3n) is 2.09. The molecule has 4 nitrogen and oxygen atoms in total. The molecule has 1 aliphatic heterocycles. The number of aldehydes is 2. The molecule has 6 heteroatoms. The van der Waals surface area contributed by atoms with Gasteiger partial charge in [-0.15, -0.1) is 0 Å². The van der Waals surface area contributed by atoms with Crippen LogP contribution in [0.5, 0.6) is 0 Å². The Bertz CT molecular complexity index is 536. The van der Waals surface area contributed by atoms with Gasteiger partial charge in [0, 0.05) is 21.0 Å². The Balaban J connectivity index is 3.45. The zero-order valence-corrected chi connectivity index (χ0v) is 11.3. The van der Waals surface area contributed by atoms with Crippen LogP contribution in [0.4, 0.5) is 0 Å². The highest BCUT2D eigenvalue weighted by atomic mass is 32.2. The molecule has 90 valence electrons. The lowest BCUT2D eigenvalue weighted by molar-refractivity contribution is -0.105. The lowest BCUT2D eigenvalue weighted by Crippen LogP contribution is -1.88. The first-order valence-corrected chi connectivity index (χ1v) is 6.45. The van der Waals surface area contributed by atoms with Crippen LogP contribution in [-0.4, -0.2) is 12.6 Å². The Morgan fingerprint density at radius 3 is 1.67 bits per heavy atom. The number of hydrogen-bond acceptors (Lipinski definition) is 6. The van der Waals surface area contributed by atoms with Gasteiger partial charge in [-0.1, -0.05) is 23.5 Å². The highest BCUT2D eigenvalue weighted by Gasteiger charge is 2.27. The largest absolute Gasteiger partial charge is 0.298 e. The molecular formula is C12H8N2O2S2. The summed E-state index contributed by atoms with van der Waals surface area (Å²) in [6.45, 7) is 3.27. The topological polar surface area (TPSA) is 81.7 Å². The number of carbonyl (C=O) groups is 2. The van der Waals surface area contributed by atoms with Crippen LogP contribution < -0.4 is 0 Å². The highest BCUT2D eigenvalue weighted by molar-refractivity contribution is 8.29. The molecule has 0 atom stereocenters. The molecule has 0 aromatic carbocycles. The second-order valence-corrected chi connectivity index (χ2v) is 5.65. The summed E-state index contributed by atoms with van der Waals surface area (Å²) in [6, 6.07) is 3.61. The number of nitrogens with zero attached hydrogens (tertiary/aromatic N) is 2. The minimum absolute atomic E-state index is 0.00472. The monoisotopic (exact) mass is 276 g/mol. The first-order valence-electron chi connectivity index (χ1n) is 4.81. The van der Waals surface area contributed by atoms with Gasteiger partial charge in [-0.25, -0.2) is 0 Å². The van der Waals surface area contributed by atoms with Gasteiger partial charge in [0.1, 0.15) is 30.3 Å². The van der Waals surface area contributed by atoms with Gasteiger partial charge in [0.05, 0.1) is 4.24 Å². The Morgan fingerprint density at radius 2 is 1.39 bits per heavy atom. The fraction of sp³-hybridized carbons (Fsp3) is 0.167. The summed E-state index contributed by atoms with van der Waals surface area (Å²) in [4.78, 5) is 22.9. The molecule has 1 rings (SSSR count). The van der Waals surface area contributed by atoms with Crippen LogP contribution in [0.3, 0.4) is 0 Å². The van der Waals surface area contributed by atoms with E-state index >= 15 is 0 Å². The second kappa shape index (κ2) is 6.25. The van der Waals surface area contributed by atoms with E-state index in [0.717, 1.165) is 0 Å². The number of carbonyl (C=O) groups excluding carboxylic acids is 2. The van der Waals surface area contributed by atoms with Gasteiger partial charge in [-0.2, -0.15) is 10.5 Å². The zero-order valence-electron chi connectivity index (χ0n) is 9.68. The van der Waals surface area contributed by atoms with Gasteiger partial charge < -0.3 is 0 Å². The van der Waals surface area contributed by atoms with Gasteiger partial charge >= 0.3 is 0 Å². The molecule has 0 aromatic heterocycles. The predicted octanol–water partition coefficient (Wildman–Crippen LogP) is 2.67. The molecule has 0 aliphatic carbocycles. The van der Waals surface area contributed by atoms with Crippen molar-refractivity contribution in [2.75, 3.05) is 0 Å². The van der Waals surface area contributed by atoms with Crippen molar-refractivity contribution in [2.24, 2.45) is 0 Å². The average molecular weight is 276 g/mol. The Kier molecular flexibility index (Phi) is 4.96. The van der Waals surface area contributed by atoms with Crippen LogP contribution in [0.15, 0.2) is 30.8 Å². The maximum atomic E-state index is 10.8. The minimum atomic E-state index is -0.00472. The molecule has 0 bridgehead atoms. The number of nitriles is 2. The van der Waals surface area contributed by atoms with E-state index < -0.39 is 0 Å². The summed E-state index contributed by atoms with van der Waals surface area (Å²) < 4.78 is 0.507. The van der Waals surface area contributed by atoms with Crippen molar-refractivity contribution in [1.82, 2.24) is 0 Å². The van der Waals surface area contributed by atoms with Crippen molar-refractivity contribution in [2.45, 2.75) is 13.8 Å². The molecule has 18 heavy (non-hydrogen) atoms. The number of hydrogen-bond donors (Lipinski definition) is 0. The van der Waals surface area contributed by atoms with Crippen LogP contribution in [0.25, 0.3) is 0 Å². The summed E-state index contributed by atoms with van der Waals surface area (Å²) in [7, 11) is 0. The minimum Gasteiger partial charge on any atom is -0.298 e. The summed E-state index contributed by atoms with van der Waals surface area (Å²) in [6.07, 6.45) is 1.39. The van der Waals surface area contributed by atoms with E-state index in [-0.39, 0.29) is 5.57 Å². The van der Waals surface area contributed by atoms with Crippen molar-refractivity contribution < 1.29 is 9.59 Å². The van der Waals surface area contributed by atoms with Crippen molar-refractivity contribution in [1.29, 1.82) is 10.5 Å². The van der Waals surface area contributed by atoms with Crippen LogP contribution >= 0.6 is 23.5 Å². The normalized spacial score (nSPS) is 19.7. The summed E-state index contributed by atoms with van der Waals surface area (Å²) in [5.74, 6) is 0. The SMILES string of the molecule is CC(C=O)=C1SC(=C(C#N)C#N)SC1=C(C)C=O. The van der Waals surface area contributed by atoms with Crippen molar-refractivity contribution in [3.63, 3.8) is 0 Å². The third-order valence-corrected chi connectivity index (χ3v) is 4.96. The zero-order chi connectivity index (χ0) is 13.7. The van der Waals surface area contributed by atoms with Gasteiger partial charge in [0.2, 0.25) is 0 Å². The molecule has 0 N–H and O–H groups in total. The van der Waals surface area contributed by atoms with E-state index in [0.29, 0.717) is 37.8 Å². The van der Waals surface area contributed by atoms with E-state index in [1.807, 2.05) is 0 Å². The Hall–Kier alpha value is -1.76. The van der Waals surface area contributed by atoms with E-state index in [9.17, 15) is 9.59 Å². The fourth-order valence-electron chi connectivity index (χ4n) is 1.14. The molecule has 1 aliphatic rings.